The molecule has 0 spiro atoms. The van der Waals surface area contributed by atoms with Crippen LogP contribution in [-0.2, 0) is 0 Å². The van der Waals surface area contributed by atoms with Gasteiger partial charge in [0.2, 0.25) is 0 Å². The molecule has 0 aliphatic carbocycles. The van der Waals surface area contributed by atoms with Crippen molar-refractivity contribution < 1.29 is 4.74 Å². The van der Waals surface area contributed by atoms with Crippen LogP contribution in [-0.4, -0.2) is 12.1 Å². The minimum Gasteiger partial charge on any atom is -0.497 e. The van der Waals surface area contributed by atoms with Crippen molar-refractivity contribution >= 4 is 28.6 Å². The summed E-state index contributed by atoms with van der Waals surface area (Å²) in [6.07, 6.45) is 0. The van der Waals surface area contributed by atoms with E-state index in [1.165, 1.54) is 0 Å². The lowest BCUT2D eigenvalue weighted by Crippen LogP contribution is -2.13. The Kier molecular flexibility index (Phi) is 4.25. The molecule has 20 heavy (non-hydrogen) atoms. The predicted molar refractivity (Wildman–Crippen MR) is 88.1 cm³/mol. The van der Waals surface area contributed by atoms with Gasteiger partial charge in [-0.05, 0) is 49.2 Å². The third-order valence-electron chi connectivity index (χ3n) is 3.23. The number of benzene rings is 2. The third kappa shape index (κ3) is 2.91. The van der Waals surface area contributed by atoms with Crippen molar-refractivity contribution in [2.45, 2.75) is 13.8 Å². The molecule has 2 aromatic rings. The molecule has 0 saturated carbocycles. The van der Waals surface area contributed by atoms with Crippen LogP contribution in [0.4, 0.5) is 11.4 Å². The first-order chi connectivity index (χ1) is 9.52. The van der Waals surface area contributed by atoms with E-state index in [1.807, 2.05) is 50.2 Å². The molecule has 0 radical (unpaired) electrons. The molecule has 0 aromatic heterocycles. The Morgan fingerprint density at radius 2 is 1.90 bits per heavy atom. The summed E-state index contributed by atoms with van der Waals surface area (Å²) in [5.41, 5.74) is 10.8. The molecule has 2 aromatic carbocycles. The zero-order chi connectivity index (χ0) is 14.7. The molecular weight excluding hydrogens is 268 g/mol. The van der Waals surface area contributed by atoms with Gasteiger partial charge in [0, 0.05) is 11.3 Å². The molecule has 3 nitrogen and oxygen atoms in total. The van der Waals surface area contributed by atoms with Crippen molar-refractivity contribution in [2.24, 2.45) is 5.73 Å². The van der Waals surface area contributed by atoms with Crippen LogP contribution in [0.5, 0.6) is 5.75 Å². The van der Waals surface area contributed by atoms with Crippen LogP contribution >= 0.6 is 12.2 Å². The second-order valence-electron chi connectivity index (χ2n) is 4.67. The highest BCUT2D eigenvalue weighted by atomic mass is 32.1. The minimum atomic E-state index is 0.391. The Labute approximate surface area is 124 Å². The molecule has 0 heterocycles. The normalized spacial score (nSPS) is 10.2. The number of hydrogen-bond acceptors (Lipinski definition) is 3. The standard InChI is InChI=1S/C16H18N2OS/c1-10-5-4-6-13(16(17)20)15(10)18-14-8-7-12(19-3)9-11(14)2/h4-9,18H,1-3H3,(H2,17,20). The number of ether oxygens (including phenoxy) is 1. The number of methoxy groups -OCH3 is 1. The van der Waals surface area contributed by atoms with Gasteiger partial charge in [-0.15, -0.1) is 0 Å². The Hall–Kier alpha value is -2.07. The smallest absolute Gasteiger partial charge is 0.119 e. The van der Waals surface area contributed by atoms with E-state index in [-0.39, 0.29) is 0 Å². The fourth-order valence-corrected chi connectivity index (χ4v) is 2.25. The number of nitrogens with one attached hydrogen (secondary N) is 1. The Morgan fingerprint density at radius 1 is 1.15 bits per heavy atom. The summed E-state index contributed by atoms with van der Waals surface area (Å²) in [4.78, 5) is 0.391. The maximum absolute atomic E-state index is 5.79. The van der Waals surface area contributed by atoms with E-state index in [9.17, 15) is 0 Å². The van der Waals surface area contributed by atoms with Gasteiger partial charge in [-0.1, -0.05) is 24.4 Å². The molecular formula is C16H18N2OS. The van der Waals surface area contributed by atoms with E-state index < -0.39 is 0 Å². The van der Waals surface area contributed by atoms with Crippen molar-refractivity contribution in [2.75, 3.05) is 12.4 Å². The number of aryl methyl sites for hydroxylation is 2. The molecule has 0 unspecified atom stereocenters. The Bertz CT molecular complexity index is 653. The van der Waals surface area contributed by atoms with Crippen LogP contribution in [0.1, 0.15) is 16.7 Å². The first kappa shape index (κ1) is 14.3. The van der Waals surface area contributed by atoms with Gasteiger partial charge in [-0.2, -0.15) is 0 Å². The van der Waals surface area contributed by atoms with Crippen LogP contribution in [0, 0.1) is 13.8 Å². The zero-order valence-corrected chi connectivity index (χ0v) is 12.7. The van der Waals surface area contributed by atoms with Crippen molar-refractivity contribution in [3.63, 3.8) is 0 Å². The molecule has 104 valence electrons. The predicted octanol–water partition coefficient (Wildman–Crippen LogP) is 3.69. The van der Waals surface area contributed by atoms with Gasteiger partial charge < -0.3 is 15.8 Å². The molecule has 0 aliphatic rings. The van der Waals surface area contributed by atoms with Crippen LogP contribution in [0.2, 0.25) is 0 Å². The van der Waals surface area contributed by atoms with E-state index in [4.69, 9.17) is 22.7 Å². The van der Waals surface area contributed by atoms with Gasteiger partial charge in [0.1, 0.15) is 10.7 Å². The number of nitrogens with two attached hydrogens (primary N) is 1. The number of rotatable bonds is 4. The summed E-state index contributed by atoms with van der Waals surface area (Å²) in [5.74, 6) is 0.840. The molecule has 0 bridgehead atoms. The van der Waals surface area contributed by atoms with E-state index in [0.717, 1.165) is 33.8 Å². The summed E-state index contributed by atoms with van der Waals surface area (Å²) in [5, 5.41) is 3.42. The molecule has 0 aliphatic heterocycles. The minimum absolute atomic E-state index is 0.391. The summed E-state index contributed by atoms with van der Waals surface area (Å²) >= 11 is 5.12. The van der Waals surface area contributed by atoms with Crippen molar-refractivity contribution in [3.05, 3.63) is 53.1 Å². The lowest BCUT2D eigenvalue weighted by Gasteiger charge is -2.16. The van der Waals surface area contributed by atoms with Crippen molar-refractivity contribution in [1.29, 1.82) is 0 Å². The quantitative estimate of drug-likeness (QED) is 0.842. The Balaban J connectivity index is 2.42. The first-order valence-corrected chi connectivity index (χ1v) is 6.75. The van der Waals surface area contributed by atoms with E-state index in [2.05, 4.69) is 5.32 Å². The Morgan fingerprint density at radius 3 is 2.50 bits per heavy atom. The van der Waals surface area contributed by atoms with E-state index in [1.54, 1.807) is 7.11 Å². The van der Waals surface area contributed by atoms with Crippen LogP contribution in [0.25, 0.3) is 0 Å². The van der Waals surface area contributed by atoms with Gasteiger partial charge in [-0.25, -0.2) is 0 Å². The highest BCUT2D eigenvalue weighted by molar-refractivity contribution is 7.80. The maximum atomic E-state index is 5.79. The fourth-order valence-electron chi connectivity index (χ4n) is 2.08. The molecule has 3 N–H and O–H groups in total. The van der Waals surface area contributed by atoms with Crippen LogP contribution in [0.15, 0.2) is 36.4 Å². The summed E-state index contributed by atoms with van der Waals surface area (Å²) < 4.78 is 5.22. The monoisotopic (exact) mass is 286 g/mol. The largest absolute Gasteiger partial charge is 0.497 e. The second-order valence-corrected chi connectivity index (χ2v) is 5.11. The molecule has 4 heteroatoms. The lowest BCUT2D eigenvalue weighted by atomic mass is 10.1. The molecule has 0 saturated heterocycles. The summed E-state index contributed by atoms with van der Waals surface area (Å²) in [6.45, 7) is 4.06. The fraction of sp³-hybridized carbons (Fsp3) is 0.188. The van der Waals surface area contributed by atoms with Gasteiger partial charge in [-0.3, -0.25) is 0 Å². The van der Waals surface area contributed by atoms with Crippen LogP contribution in [0.3, 0.4) is 0 Å². The average Bonchev–Trinajstić information content (AvgIpc) is 2.42. The highest BCUT2D eigenvalue weighted by Gasteiger charge is 2.09. The second kappa shape index (κ2) is 5.92. The van der Waals surface area contributed by atoms with Gasteiger partial charge in [0.05, 0.1) is 12.8 Å². The van der Waals surface area contributed by atoms with Crippen molar-refractivity contribution in [1.82, 2.24) is 0 Å². The van der Waals surface area contributed by atoms with E-state index >= 15 is 0 Å². The molecule has 0 atom stereocenters. The third-order valence-corrected chi connectivity index (χ3v) is 3.45. The number of anilines is 2. The highest BCUT2D eigenvalue weighted by Crippen LogP contribution is 2.28. The number of para-hydroxylation sites is 1. The van der Waals surface area contributed by atoms with Gasteiger partial charge >= 0.3 is 0 Å². The number of hydrogen-bond donors (Lipinski definition) is 2. The van der Waals surface area contributed by atoms with E-state index in [0.29, 0.717) is 4.99 Å². The SMILES string of the molecule is COc1ccc(Nc2c(C)cccc2C(N)=S)c(C)c1. The molecule has 0 amide bonds. The van der Waals surface area contributed by atoms with Crippen molar-refractivity contribution in [3.8, 4) is 5.75 Å². The summed E-state index contributed by atoms with van der Waals surface area (Å²) in [6, 6.07) is 11.8. The van der Waals surface area contributed by atoms with Gasteiger partial charge in [0.15, 0.2) is 0 Å². The topological polar surface area (TPSA) is 47.3 Å². The van der Waals surface area contributed by atoms with Gasteiger partial charge in [0.25, 0.3) is 0 Å². The summed E-state index contributed by atoms with van der Waals surface area (Å²) in [7, 11) is 1.66. The first-order valence-electron chi connectivity index (χ1n) is 6.34. The van der Waals surface area contributed by atoms with Crippen LogP contribution < -0.4 is 15.8 Å². The molecule has 0 fully saturated rings. The maximum Gasteiger partial charge on any atom is 0.119 e. The average molecular weight is 286 g/mol. The molecule has 2 rings (SSSR count). The number of thiocarbonyl (C=S) groups is 1. The zero-order valence-electron chi connectivity index (χ0n) is 11.9. The lowest BCUT2D eigenvalue weighted by molar-refractivity contribution is 0.414.